The normalized spacial score (nSPS) is 24.8. The van der Waals surface area contributed by atoms with E-state index >= 15 is 0 Å². The highest BCUT2D eigenvalue weighted by molar-refractivity contribution is 5.86. The molecule has 0 saturated carbocycles. The molecule has 1 heterocycles. The maximum atomic E-state index is 12.1. The van der Waals surface area contributed by atoms with Crippen molar-refractivity contribution in [3.8, 4) is 0 Å². The third-order valence-corrected chi connectivity index (χ3v) is 4.30. The van der Waals surface area contributed by atoms with Crippen LogP contribution in [0.3, 0.4) is 0 Å². The van der Waals surface area contributed by atoms with Crippen LogP contribution in [0.1, 0.15) is 38.8 Å². The Bertz CT molecular complexity index is 715. The van der Waals surface area contributed by atoms with Crippen molar-refractivity contribution in [1.82, 2.24) is 5.32 Å². The van der Waals surface area contributed by atoms with E-state index < -0.39 is 5.41 Å². The number of esters is 1. The summed E-state index contributed by atoms with van der Waals surface area (Å²) in [6.45, 7) is 5.56. The lowest BCUT2D eigenvalue weighted by Gasteiger charge is -2.22. The molecule has 0 radical (unpaired) electrons. The maximum Gasteiger partial charge on any atom is 0.312 e. The highest BCUT2D eigenvalue weighted by Crippen LogP contribution is 2.32. The molecule has 3 atom stereocenters. The summed E-state index contributed by atoms with van der Waals surface area (Å²) in [6.07, 6.45) is 0.288. The summed E-state index contributed by atoms with van der Waals surface area (Å²) in [5.41, 5.74) is 6.97. The minimum Gasteiger partial charge on any atom is -0.446 e. The Balaban J connectivity index is 1.83. The second-order valence-corrected chi connectivity index (χ2v) is 7.26. The SMILES string of the molecule is CC(C)(C)C(=O)OC1CC(N)C(c2cccc3ccccc23)N1. The largest absolute Gasteiger partial charge is 0.446 e. The third-order valence-electron chi connectivity index (χ3n) is 4.30. The second kappa shape index (κ2) is 5.95. The first-order valence-electron chi connectivity index (χ1n) is 8.06. The van der Waals surface area contributed by atoms with E-state index in [-0.39, 0.29) is 24.3 Å². The monoisotopic (exact) mass is 312 g/mol. The van der Waals surface area contributed by atoms with E-state index in [1.807, 2.05) is 39.0 Å². The van der Waals surface area contributed by atoms with Gasteiger partial charge in [0, 0.05) is 12.5 Å². The highest BCUT2D eigenvalue weighted by atomic mass is 16.6. The summed E-state index contributed by atoms with van der Waals surface area (Å²) in [5.74, 6) is -0.208. The van der Waals surface area contributed by atoms with E-state index in [1.54, 1.807) is 0 Å². The van der Waals surface area contributed by atoms with E-state index in [9.17, 15) is 4.79 Å². The molecular formula is C19H24N2O2. The zero-order valence-electron chi connectivity index (χ0n) is 13.9. The number of hydrogen-bond donors (Lipinski definition) is 2. The third kappa shape index (κ3) is 3.23. The lowest BCUT2D eigenvalue weighted by Crippen LogP contribution is -2.34. The van der Waals surface area contributed by atoms with Gasteiger partial charge in [-0.15, -0.1) is 0 Å². The Morgan fingerprint density at radius 1 is 1.17 bits per heavy atom. The average Bonchev–Trinajstić information content (AvgIpc) is 2.86. The molecule has 122 valence electrons. The number of hydrogen-bond acceptors (Lipinski definition) is 4. The fourth-order valence-electron chi connectivity index (χ4n) is 3.01. The Hall–Kier alpha value is -1.91. The Morgan fingerprint density at radius 3 is 2.61 bits per heavy atom. The van der Waals surface area contributed by atoms with Gasteiger partial charge in [-0.1, -0.05) is 42.5 Å². The number of benzene rings is 2. The predicted octanol–water partition coefficient (Wildman–Crippen LogP) is 3.12. The lowest BCUT2D eigenvalue weighted by atomic mass is 9.95. The molecule has 0 aliphatic carbocycles. The number of carbonyl (C=O) groups excluding carboxylic acids is 1. The van der Waals surface area contributed by atoms with Gasteiger partial charge in [-0.2, -0.15) is 0 Å². The van der Waals surface area contributed by atoms with Crippen LogP contribution in [0.2, 0.25) is 0 Å². The molecule has 1 aliphatic rings. The summed E-state index contributed by atoms with van der Waals surface area (Å²) in [7, 11) is 0. The fourth-order valence-corrected chi connectivity index (χ4v) is 3.01. The molecule has 4 heteroatoms. The van der Waals surface area contributed by atoms with Crippen molar-refractivity contribution in [3.63, 3.8) is 0 Å². The Kier molecular flexibility index (Phi) is 4.13. The lowest BCUT2D eigenvalue weighted by molar-refractivity contribution is -0.159. The molecule has 23 heavy (non-hydrogen) atoms. The topological polar surface area (TPSA) is 64.3 Å². The van der Waals surface area contributed by atoms with Gasteiger partial charge in [-0.05, 0) is 37.1 Å². The molecule has 0 spiro atoms. The molecule has 2 aromatic rings. The molecular weight excluding hydrogens is 288 g/mol. The summed E-state index contributed by atoms with van der Waals surface area (Å²) in [6, 6.07) is 14.4. The molecule has 3 rings (SSSR count). The summed E-state index contributed by atoms with van der Waals surface area (Å²) in [5, 5.41) is 5.76. The van der Waals surface area contributed by atoms with Gasteiger partial charge in [0.05, 0.1) is 11.5 Å². The van der Waals surface area contributed by atoms with E-state index in [0.717, 1.165) is 5.56 Å². The molecule has 0 aromatic heterocycles. The van der Waals surface area contributed by atoms with Crippen LogP contribution >= 0.6 is 0 Å². The van der Waals surface area contributed by atoms with Gasteiger partial charge in [0.25, 0.3) is 0 Å². The van der Waals surface area contributed by atoms with Crippen molar-refractivity contribution in [2.24, 2.45) is 11.1 Å². The van der Waals surface area contributed by atoms with E-state index in [4.69, 9.17) is 10.5 Å². The van der Waals surface area contributed by atoms with Crippen molar-refractivity contribution in [1.29, 1.82) is 0 Å². The molecule has 0 amide bonds. The van der Waals surface area contributed by atoms with Crippen molar-refractivity contribution in [2.45, 2.75) is 45.5 Å². The van der Waals surface area contributed by atoms with Crippen molar-refractivity contribution in [3.05, 3.63) is 48.0 Å². The number of ether oxygens (including phenoxy) is 1. The van der Waals surface area contributed by atoms with Crippen LogP contribution < -0.4 is 11.1 Å². The van der Waals surface area contributed by atoms with Crippen molar-refractivity contribution >= 4 is 16.7 Å². The van der Waals surface area contributed by atoms with Gasteiger partial charge in [-0.3, -0.25) is 10.1 Å². The second-order valence-electron chi connectivity index (χ2n) is 7.26. The van der Waals surface area contributed by atoms with Gasteiger partial charge in [0.1, 0.15) is 0 Å². The summed E-state index contributed by atoms with van der Waals surface area (Å²) in [4.78, 5) is 12.1. The Labute approximate surface area is 137 Å². The molecule has 3 unspecified atom stereocenters. The zero-order chi connectivity index (χ0) is 16.6. The summed E-state index contributed by atoms with van der Waals surface area (Å²) < 4.78 is 5.58. The first kappa shape index (κ1) is 16.0. The van der Waals surface area contributed by atoms with Crippen LogP contribution in [0.15, 0.2) is 42.5 Å². The van der Waals surface area contributed by atoms with Crippen molar-refractivity contribution < 1.29 is 9.53 Å². The number of carbonyl (C=O) groups is 1. The molecule has 1 fully saturated rings. The molecule has 1 saturated heterocycles. The summed E-state index contributed by atoms with van der Waals surface area (Å²) >= 11 is 0. The van der Waals surface area contributed by atoms with Crippen LogP contribution in [-0.2, 0) is 9.53 Å². The minimum absolute atomic E-state index is 0.0149. The first-order chi connectivity index (χ1) is 10.9. The van der Waals surface area contributed by atoms with Crippen LogP contribution in [0.4, 0.5) is 0 Å². The zero-order valence-corrected chi connectivity index (χ0v) is 13.9. The van der Waals surface area contributed by atoms with E-state index in [2.05, 4.69) is 29.6 Å². The number of nitrogens with two attached hydrogens (primary N) is 1. The van der Waals surface area contributed by atoms with E-state index in [0.29, 0.717) is 6.42 Å². The van der Waals surface area contributed by atoms with Gasteiger partial charge >= 0.3 is 5.97 Å². The average molecular weight is 312 g/mol. The molecule has 0 bridgehead atoms. The van der Waals surface area contributed by atoms with Crippen LogP contribution in [0, 0.1) is 5.41 Å². The van der Waals surface area contributed by atoms with Gasteiger partial charge in [-0.25, -0.2) is 0 Å². The number of fused-ring (bicyclic) bond motifs is 1. The van der Waals surface area contributed by atoms with Crippen molar-refractivity contribution in [2.75, 3.05) is 0 Å². The van der Waals surface area contributed by atoms with Crippen LogP contribution in [-0.4, -0.2) is 18.2 Å². The number of nitrogens with one attached hydrogen (secondary N) is 1. The molecule has 1 aliphatic heterocycles. The standard InChI is InChI=1S/C19H24N2O2/c1-19(2,3)18(22)23-16-11-15(20)17(21-16)14-10-6-8-12-7-4-5-9-13(12)14/h4-10,15-17,21H,11,20H2,1-3H3. The Morgan fingerprint density at radius 2 is 1.87 bits per heavy atom. The van der Waals surface area contributed by atoms with Crippen LogP contribution in [0.25, 0.3) is 10.8 Å². The number of rotatable bonds is 2. The maximum absolute atomic E-state index is 12.1. The molecule has 2 aromatic carbocycles. The first-order valence-corrected chi connectivity index (χ1v) is 8.06. The minimum atomic E-state index is -0.511. The van der Waals surface area contributed by atoms with Crippen LogP contribution in [0.5, 0.6) is 0 Å². The van der Waals surface area contributed by atoms with E-state index in [1.165, 1.54) is 10.8 Å². The van der Waals surface area contributed by atoms with Gasteiger partial charge in [0.2, 0.25) is 0 Å². The smallest absolute Gasteiger partial charge is 0.312 e. The van der Waals surface area contributed by atoms with Gasteiger partial charge in [0.15, 0.2) is 6.23 Å². The molecule has 3 N–H and O–H groups in total. The fraction of sp³-hybridized carbons (Fsp3) is 0.421. The van der Waals surface area contributed by atoms with Gasteiger partial charge < -0.3 is 10.5 Å². The predicted molar refractivity (Wildman–Crippen MR) is 91.8 cm³/mol. The highest BCUT2D eigenvalue weighted by Gasteiger charge is 2.36. The molecule has 4 nitrogen and oxygen atoms in total. The quantitative estimate of drug-likeness (QED) is 0.836.